The number of fused-ring (bicyclic) bond motifs is 1. The van der Waals surface area contributed by atoms with Gasteiger partial charge in [0.25, 0.3) is 0 Å². The van der Waals surface area contributed by atoms with Crippen molar-refractivity contribution in [3.05, 3.63) is 11.7 Å². The van der Waals surface area contributed by atoms with Crippen LogP contribution in [0.1, 0.15) is 18.6 Å². The second-order valence-electron chi connectivity index (χ2n) is 6.25. The van der Waals surface area contributed by atoms with Gasteiger partial charge in [0.05, 0.1) is 17.4 Å². The smallest absolute Gasteiger partial charge is 0.235 e. The molecule has 3 heterocycles. The quantitative estimate of drug-likeness (QED) is 0.685. The molecule has 0 bridgehead atoms. The molecule has 1 aromatic heterocycles. The summed E-state index contributed by atoms with van der Waals surface area (Å²) in [5, 5.41) is 3.79. The molecular weight excluding hydrogens is 344 g/mol. The van der Waals surface area contributed by atoms with Crippen LogP contribution in [0, 0.1) is 12.8 Å². The topological polar surface area (TPSA) is 114 Å². The van der Waals surface area contributed by atoms with E-state index in [0.717, 1.165) is 6.26 Å². The average molecular weight is 364 g/mol. The SMILES string of the molecule is CCS(=O)(=O)N1C[C@@H]2CN(S(C)(=O)=O)C[C@]2(c2nc(C)no2)C1. The predicted molar refractivity (Wildman–Crippen MR) is 81.7 cm³/mol. The first-order valence-electron chi connectivity index (χ1n) is 7.32. The maximum atomic E-state index is 12.2. The van der Waals surface area contributed by atoms with Gasteiger partial charge < -0.3 is 4.52 Å². The first-order chi connectivity index (χ1) is 10.6. The molecule has 0 amide bonds. The largest absolute Gasteiger partial charge is 0.339 e. The fourth-order valence-corrected chi connectivity index (χ4v) is 5.54. The molecular formula is C12H20N4O5S2. The lowest BCUT2D eigenvalue weighted by molar-refractivity contribution is 0.269. The Bertz CT molecular complexity index is 818. The fourth-order valence-electron chi connectivity index (χ4n) is 3.42. The van der Waals surface area contributed by atoms with Crippen molar-refractivity contribution >= 4 is 20.0 Å². The van der Waals surface area contributed by atoms with Crippen LogP contribution in [-0.2, 0) is 25.5 Å². The Morgan fingerprint density at radius 1 is 1.22 bits per heavy atom. The number of hydrogen-bond acceptors (Lipinski definition) is 7. The number of hydrogen-bond donors (Lipinski definition) is 0. The summed E-state index contributed by atoms with van der Waals surface area (Å²) in [4.78, 5) is 4.26. The van der Waals surface area contributed by atoms with E-state index in [4.69, 9.17) is 4.52 Å². The molecule has 0 unspecified atom stereocenters. The summed E-state index contributed by atoms with van der Waals surface area (Å²) in [6.07, 6.45) is 1.15. The fraction of sp³-hybridized carbons (Fsp3) is 0.833. The lowest BCUT2D eigenvalue weighted by atomic mass is 9.81. The number of rotatable bonds is 4. The Morgan fingerprint density at radius 3 is 2.35 bits per heavy atom. The molecule has 2 atom stereocenters. The van der Waals surface area contributed by atoms with Crippen LogP contribution in [0.3, 0.4) is 0 Å². The summed E-state index contributed by atoms with van der Waals surface area (Å²) >= 11 is 0. The Hall–Kier alpha value is -1.04. The Labute approximate surface area is 135 Å². The number of sulfonamides is 2. The van der Waals surface area contributed by atoms with Crippen molar-refractivity contribution in [3.63, 3.8) is 0 Å². The summed E-state index contributed by atoms with van der Waals surface area (Å²) in [6.45, 7) is 4.13. The zero-order chi connectivity index (χ0) is 17.0. The summed E-state index contributed by atoms with van der Waals surface area (Å²) in [5.74, 6) is 0.579. The van der Waals surface area contributed by atoms with Gasteiger partial charge in [0.2, 0.25) is 25.9 Å². The molecule has 0 radical (unpaired) electrons. The minimum absolute atomic E-state index is 0.00838. The molecule has 0 N–H and O–H groups in total. The molecule has 130 valence electrons. The van der Waals surface area contributed by atoms with Crippen molar-refractivity contribution < 1.29 is 21.4 Å². The van der Waals surface area contributed by atoms with Gasteiger partial charge in [-0.3, -0.25) is 0 Å². The van der Waals surface area contributed by atoms with Gasteiger partial charge in [0, 0.05) is 32.1 Å². The molecule has 2 fully saturated rings. The Kier molecular flexibility index (Phi) is 3.82. The molecule has 23 heavy (non-hydrogen) atoms. The predicted octanol–water partition coefficient (Wildman–Crippen LogP) is -0.827. The van der Waals surface area contributed by atoms with E-state index >= 15 is 0 Å². The molecule has 11 heteroatoms. The van der Waals surface area contributed by atoms with Crippen LogP contribution in [0.15, 0.2) is 4.52 Å². The van der Waals surface area contributed by atoms with Crippen LogP contribution in [0.2, 0.25) is 0 Å². The highest BCUT2D eigenvalue weighted by atomic mass is 32.2. The van der Waals surface area contributed by atoms with E-state index < -0.39 is 25.5 Å². The van der Waals surface area contributed by atoms with Crippen molar-refractivity contribution in [1.29, 1.82) is 0 Å². The molecule has 2 saturated heterocycles. The third-order valence-corrected chi connectivity index (χ3v) is 7.74. The number of aryl methyl sites for hydroxylation is 1. The summed E-state index contributed by atoms with van der Waals surface area (Å²) in [5.41, 5.74) is -0.771. The zero-order valence-electron chi connectivity index (χ0n) is 13.3. The maximum Gasteiger partial charge on any atom is 0.235 e. The molecule has 2 aliphatic rings. The van der Waals surface area contributed by atoms with Crippen molar-refractivity contribution in [2.45, 2.75) is 19.3 Å². The number of aromatic nitrogens is 2. The van der Waals surface area contributed by atoms with E-state index in [1.54, 1.807) is 13.8 Å². The van der Waals surface area contributed by atoms with Crippen LogP contribution in [0.5, 0.6) is 0 Å². The molecule has 2 aliphatic heterocycles. The van der Waals surface area contributed by atoms with Crippen LogP contribution in [0.25, 0.3) is 0 Å². The van der Waals surface area contributed by atoms with Crippen LogP contribution >= 0.6 is 0 Å². The highest BCUT2D eigenvalue weighted by molar-refractivity contribution is 7.89. The van der Waals surface area contributed by atoms with Gasteiger partial charge in [0.1, 0.15) is 0 Å². The van der Waals surface area contributed by atoms with Crippen molar-refractivity contribution in [2.75, 3.05) is 38.2 Å². The third kappa shape index (κ3) is 2.69. The lowest BCUT2D eigenvalue weighted by Crippen LogP contribution is -2.41. The van der Waals surface area contributed by atoms with Crippen molar-refractivity contribution in [1.82, 2.24) is 18.8 Å². The molecule has 0 saturated carbocycles. The van der Waals surface area contributed by atoms with E-state index in [0.29, 0.717) is 11.7 Å². The average Bonchev–Trinajstić information content (AvgIpc) is 3.09. The summed E-state index contributed by atoms with van der Waals surface area (Å²) in [7, 11) is -6.72. The van der Waals surface area contributed by atoms with Gasteiger partial charge >= 0.3 is 0 Å². The van der Waals surface area contributed by atoms with Gasteiger partial charge in [-0.1, -0.05) is 5.16 Å². The van der Waals surface area contributed by atoms with Gasteiger partial charge in [-0.15, -0.1) is 0 Å². The van der Waals surface area contributed by atoms with E-state index in [-0.39, 0.29) is 37.8 Å². The molecule has 0 aliphatic carbocycles. The summed E-state index contributed by atoms with van der Waals surface area (Å²) < 4.78 is 56.3. The second kappa shape index (κ2) is 5.23. The van der Waals surface area contributed by atoms with E-state index in [2.05, 4.69) is 10.1 Å². The molecule has 9 nitrogen and oxygen atoms in total. The minimum atomic E-state index is -3.37. The second-order valence-corrected chi connectivity index (χ2v) is 10.5. The lowest BCUT2D eigenvalue weighted by Gasteiger charge is -2.24. The van der Waals surface area contributed by atoms with Crippen LogP contribution in [-0.4, -0.2) is 73.8 Å². The van der Waals surface area contributed by atoms with Gasteiger partial charge in [-0.05, 0) is 13.8 Å². The zero-order valence-corrected chi connectivity index (χ0v) is 14.9. The molecule has 3 rings (SSSR count). The Morgan fingerprint density at radius 2 is 1.83 bits per heavy atom. The van der Waals surface area contributed by atoms with Crippen molar-refractivity contribution in [3.8, 4) is 0 Å². The molecule has 0 aromatic carbocycles. The summed E-state index contributed by atoms with van der Waals surface area (Å²) in [6, 6.07) is 0. The van der Waals surface area contributed by atoms with E-state index in [1.165, 1.54) is 8.61 Å². The van der Waals surface area contributed by atoms with Crippen molar-refractivity contribution in [2.24, 2.45) is 5.92 Å². The molecule has 0 spiro atoms. The highest BCUT2D eigenvalue weighted by Crippen LogP contribution is 2.45. The highest BCUT2D eigenvalue weighted by Gasteiger charge is 2.60. The monoisotopic (exact) mass is 364 g/mol. The van der Waals surface area contributed by atoms with Gasteiger partial charge in [-0.25, -0.2) is 25.4 Å². The minimum Gasteiger partial charge on any atom is -0.339 e. The number of nitrogens with zero attached hydrogens (tertiary/aromatic N) is 4. The third-order valence-electron chi connectivity index (χ3n) is 4.73. The normalized spacial score (nSPS) is 30.0. The first kappa shape index (κ1) is 16.8. The first-order valence-corrected chi connectivity index (χ1v) is 10.8. The van der Waals surface area contributed by atoms with Crippen LogP contribution in [0.4, 0.5) is 0 Å². The van der Waals surface area contributed by atoms with E-state index in [1.807, 2.05) is 0 Å². The van der Waals surface area contributed by atoms with Gasteiger partial charge in [-0.2, -0.15) is 4.98 Å². The maximum absolute atomic E-state index is 12.2. The Balaban J connectivity index is 2.02. The van der Waals surface area contributed by atoms with Crippen LogP contribution < -0.4 is 0 Å². The van der Waals surface area contributed by atoms with E-state index in [9.17, 15) is 16.8 Å². The molecule has 1 aromatic rings. The standard InChI is InChI=1S/C12H20N4O5S2/c1-4-23(19,20)16-6-10-5-15(22(3,17)18)7-12(10,8-16)11-13-9(2)14-21-11/h10H,4-8H2,1-3H3/t10-,12-/m0/s1. The van der Waals surface area contributed by atoms with Gasteiger partial charge in [0.15, 0.2) is 5.82 Å².